The van der Waals surface area contributed by atoms with E-state index in [1.54, 1.807) is 30.3 Å². The zero-order valence-corrected chi connectivity index (χ0v) is 18.8. The van der Waals surface area contributed by atoms with E-state index in [2.05, 4.69) is 15.8 Å². The Morgan fingerprint density at radius 2 is 1.70 bits per heavy atom. The summed E-state index contributed by atoms with van der Waals surface area (Å²) in [6.45, 7) is 4.70. The predicted octanol–water partition coefficient (Wildman–Crippen LogP) is 3.13. The Kier molecular flexibility index (Phi) is 7.91. The average molecular weight is 453 g/mol. The van der Waals surface area contributed by atoms with Crippen molar-refractivity contribution in [1.29, 1.82) is 0 Å². The lowest BCUT2D eigenvalue weighted by atomic mass is 10.1. The number of nitrogens with one attached hydrogen (secondary N) is 2. The number of phenolic OH excluding ortho intramolecular Hbond substituents is 1. The van der Waals surface area contributed by atoms with E-state index in [9.17, 15) is 14.7 Å². The first-order valence-electron chi connectivity index (χ1n) is 10.5. The number of nitrogens with zero attached hydrogens (tertiary/aromatic N) is 1. The molecule has 0 spiro atoms. The minimum absolute atomic E-state index is 0.0328. The number of carbonyl (C=O) groups is 2. The fraction of sp³-hybridized carbons (Fsp3) is 0.292. The lowest BCUT2D eigenvalue weighted by Gasteiger charge is -2.12. The number of carbonyl (C=O) groups excluding carboxylic acids is 2. The number of methoxy groups -OCH3 is 1. The molecular formula is C24H27N3O6. The fourth-order valence-electron chi connectivity index (χ4n) is 3.13. The van der Waals surface area contributed by atoms with Crippen LogP contribution in [-0.4, -0.2) is 42.3 Å². The van der Waals surface area contributed by atoms with Crippen LogP contribution >= 0.6 is 0 Å². The summed E-state index contributed by atoms with van der Waals surface area (Å²) in [5.41, 5.74) is 2.44. The molecule has 0 saturated heterocycles. The van der Waals surface area contributed by atoms with Crippen LogP contribution in [0.2, 0.25) is 0 Å². The monoisotopic (exact) mass is 453 g/mol. The molecule has 0 aliphatic rings. The molecule has 33 heavy (non-hydrogen) atoms. The molecule has 0 saturated carbocycles. The summed E-state index contributed by atoms with van der Waals surface area (Å²) in [5.74, 6) is 1.13. The number of rotatable bonds is 10. The molecule has 1 aromatic heterocycles. The predicted molar refractivity (Wildman–Crippen MR) is 121 cm³/mol. The van der Waals surface area contributed by atoms with Crippen molar-refractivity contribution < 1.29 is 28.7 Å². The van der Waals surface area contributed by atoms with Crippen molar-refractivity contribution in [2.24, 2.45) is 0 Å². The number of ether oxygens (including phenoxy) is 2. The van der Waals surface area contributed by atoms with E-state index in [1.807, 2.05) is 13.8 Å². The van der Waals surface area contributed by atoms with Gasteiger partial charge in [0.25, 0.3) is 11.8 Å². The summed E-state index contributed by atoms with van der Waals surface area (Å²) in [5, 5.41) is 18.9. The molecule has 3 aromatic rings. The lowest BCUT2D eigenvalue weighted by molar-refractivity contribution is 0.0951. The largest absolute Gasteiger partial charge is 0.508 e. The van der Waals surface area contributed by atoms with E-state index in [-0.39, 0.29) is 24.2 Å². The van der Waals surface area contributed by atoms with Crippen LogP contribution in [0.15, 0.2) is 47.0 Å². The van der Waals surface area contributed by atoms with Gasteiger partial charge in [0.2, 0.25) is 0 Å². The first-order valence-corrected chi connectivity index (χ1v) is 10.5. The van der Waals surface area contributed by atoms with Crippen LogP contribution in [0.25, 0.3) is 0 Å². The zero-order chi connectivity index (χ0) is 23.8. The number of aromatic hydroxyl groups is 1. The number of aryl methyl sites for hydroxylation is 2. The van der Waals surface area contributed by atoms with Gasteiger partial charge in [0.15, 0.2) is 11.5 Å². The molecule has 1 heterocycles. The quantitative estimate of drug-likeness (QED) is 0.403. The van der Waals surface area contributed by atoms with Gasteiger partial charge in [0.05, 0.1) is 18.4 Å². The second-order valence-electron chi connectivity index (χ2n) is 7.37. The molecule has 0 fully saturated rings. The SMILES string of the molecule is COc1cc(C(=O)NCCCNC(=O)c2cccc(O)c2)ccc1OCc1c(C)noc1C. The first kappa shape index (κ1) is 23.6. The summed E-state index contributed by atoms with van der Waals surface area (Å²) in [6, 6.07) is 11.1. The third-order valence-electron chi connectivity index (χ3n) is 5.01. The Morgan fingerprint density at radius 3 is 2.30 bits per heavy atom. The van der Waals surface area contributed by atoms with Crippen LogP contribution in [0.4, 0.5) is 0 Å². The molecule has 0 radical (unpaired) electrons. The van der Waals surface area contributed by atoms with Gasteiger partial charge in [0.1, 0.15) is 18.1 Å². The summed E-state index contributed by atoms with van der Waals surface area (Å²) in [4.78, 5) is 24.5. The smallest absolute Gasteiger partial charge is 0.251 e. The molecule has 3 N–H and O–H groups in total. The van der Waals surface area contributed by atoms with Crippen LogP contribution in [-0.2, 0) is 6.61 Å². The fourth-order valence-corrected chi connectivity index (χ4v) is 3.13. The van der Waals surface area contributed by atoms with Crippen LogP contribution in [0.5, 0.6) is 17.2 Å². The number of benzene rings is 2. The Hall–Kier alpha value is -4.01. The average Bonchev–Trinajstić information content (AvgIpc) is 3.14. The summed E-state index contributed by atoms with van der Waals surface area (Å²) in [7, 11) is 1.51. The minimum atomic E-state index is -0.283. The molecule has 0 aliphatic carbocycles. The maximum atomic E-state index is 12.5. The number of phenols is 1. The second kappa shape index (κ2) is 11.0. The van der Waals surface area contributed by atoms with E-state index in [1.165, 1.54) is 19.2 Å². The van der Waals surface area contributed by atoms with Crippen molar-refractivity contribution >= 4 is 11.8 Å². The highest BCUT2D eigenvalue weighted by Gasteiger charge is 2.14. The van der Waals surface area contributed by atoms with Crippen molar-refractivity contribution in [2.45, 2.75) is 26.9 Å². The van der Waals surface area contributed by atoms with Crippen molar-refractivity contribution in [2.75, 3.05) is 20.2 Å². The summed E-state index contributed by atoms with van der Waals surface area (Å²) in [6.07, 6.45) is 0.548. The van der Waals surface area contributed by atoms with Gasteiger partial charge in [-0.2, -0.15) is 0 Å². The normalized spacial score (nSPS) is 10.5. The molecule has 2 amide bonds. The number of aromatic nitrogens is 1. The Morgan fingerprint density at radius 1 is 1.00 bits per heavy atom. The molecule has 174 valence electrons. The van der Waals surface area contributed by atoms with Crippen LogP contribution in [0.1, 0.15) is 44.2 Å². The molecule has 2 aromatic carbocycles. The van der Waals surface area contributed by atoms with Crippen LogP contribution in [0, 0.1) is 13.8 Å². The van der Waals surface area contributed by atoms with E-state index in [0.717, 1.165) is 11.3 Å². The third-order valence-corrected chi connectivity index (χ3v) is 5.01. The maximum absolute atomic E-state index is 12.5. The first-order chi connectivity index (χ1) is 15.9. The highest BCUT2D eigenvalue weighted by atomic mass is 16.5. The van der Waals surface area contributed by atoms with Crippen molar-refractivity contribution in [1.82, 2.24) is 15.8 Å². The Labute approximate surface area is 191 Å². The van der Waals surface area contributed by atoms with Crippen molar-refractivity contribution in [3.8, 4) is 17.2 Å². The number of amides is 2. The van der Waals surface area contributed by atoms with Crippen molar-refractivity contribution in [3.05, 3.63) is 70.6 Å². The van der Waals surface area contributed by atoms with Gasteiger partial charge in [0, 0.05) is 24.2 Å². The topological polar surface area (TPSA) is 123 Å². The highest BCUT2D eigenvalue weighted by molar-refractivity contribution is 5.95. The second-order valence-corrected chi connectivity index (χ2v) is 7.37. The van der Waals surface area contributed by atoms with Gasteiger partial charge in [-0.15, -0.1) is 0 Å². The summed E-state index contributed by atoms with van der Waals surface area (Å²) >= 11 is 0. The van der Waals surface area contributed by atoms with E-state index in [0.29, 0.717) is 47.9 Å². The third kappa shape index (κ3) is 6.25. The van der Waals surface area contributed by atoms with Crippen molar-refractivity contribution in [3.63, 3.8) is 0 Å². The van der Waals surface area contributed by atoms with E-state index in [4.69, 9.17) is 14.0 Å². The highest BCUT2D eigenvalue weighted by Crippen LogP contribution is 2.29. The van der Waals surface area contributed by atoms with Crippen LogP contribution in [0.3, 0.4) is 0 Å². The van der Waals surface area contributed by atoms with Gasteiger partial charge >= 0.3 is 0 Å². The molecule has 0 atom stereocenters. The van der Waals surface area contributed by atoms with Gasteiger partial charge in [-0.05, 0) is 56.7 Å². The standard InChI is InChI=1S/C24H27N3O6/c1-15-20(16(2)33-27-15)14-32-21-9-8-18(13-22(21)31-3)24(30)26-11-5-10-25-23(29)17-6-4-7-19(28)12-17/h4,6-9,12-13,28H,5,10-11,14H2,1-3H3,(H,25,29)(H,26,30). The molecule has 3 rings (SSSR count). The van der Waals surface area contributed by atoms with Gasteiger partial charge in [-0.25, -0.2) is 0 Å². The lowest BCUT2D eigenvalue weighted by Crippen LogP contribution is -2.29. The van der Waals surface area contributed by atoms with Gasteiger partial charge < -0.3 is 29.7 Å². The zero-order valence-electron chi connectivity index (χ0n) is 18.8. The molecule has 0 unspecified atom stereocenters. The Bertz CT molecular complexity index is 1110. The Balaban J connectivity index is 1.47. The van der Waals surface area contributed by atoms with E-state index >= 15 is 0 Å². The van der Waals surface area contributed by atoms with Gasteiger partial charge in [-0.1, -0.05) is 11.2 Å². The molecule has 9 heteroatoms. The molecule has 0 bridgehead atoms. The van der Waals surface area contributed by atoms with E-state index < -0.39 is 0 Å². The molecule has 9 nitrogen and oxygen atoms in total. The minimum Gasteiger partial charge on any atom is -0.508 e. The van der Waals surface area contributed by atoms with Gasteiger partial charge in [-0.3, -0.25) is 9.59 Å². The number of hydrogen-bond donors (Lipinski definition) is 3. The summed E-state index contributed by atoms with van der Waals surface area (Å²) < 4.78 is 16.4. The number of hydrogen-bond acceptors (Lipinski definition) is 7. The molecule has 0 aliphatic heterocycles. The molecular weight excluding hydrogens is 426 g/mol. The van der Waals surface area contributed by atoms with Crippen LogP contribution < -0.4 is 20.1 Å². The maximum Gasteiger partial charge on any atom is 0.251 e.